The van der Waals surface area contributed by atoms with Crippen molar-refractivity contribution in [3.8, 4) is 0 Å². The van der Waals surface area contributed by atoms with Gasteiger partial charge in [-0.05, 0) is 43.6 Å². The lowest BCUT2D eigenvalue weighted by Crippen LogP contribution is -2.48. The number of rotatable bonds is 3. The molecule has 0 aromatic heterocycles. The molecule has 5 atom stereocenters. The molecule has 0 radical (unpaired) electrons. The van der Waals surface area contributed by atoms with E-state index in [1.165, 1.54) is 12.8 Å². The van der Waals surface area contributed by atoms with Gasteiger partial charge in [-0.1, -0.05) is 27.2 Å². The van der Waals surface area contributed by atoms with Crippen LogP contribution in [-0.4, -0.2) is 24.5 Å². The van der Waals surface area contributed by atoms with Crippen molar-refractivity contribution in [2.45, 2.75) is 58.5 Å². The molecule has 0 aromatic rings. The zero-order valence-electron chi connectivity index (χ0n) is 11.3. The summed E-state index contributed by atoms with van der Waals surface area (Å²) in [7, 11) is 0. The third-order valence-corrected chi connectivity index (χ3v) is 4.89. The second kappa shape index (κ2) is 5.38. The van der Waals surface area contributed by atoms with E-state index in [-0.39, 0.29) is 11.9 Å². The molecule has 3 nitrogen and oxygen atoms in total. The van der Waals surface area contributed by atoms with Gasteiger partial charge in [0.2, 0.25) is 5.91 Å². The Labute approximate surface area is 105 Å². The molecule has 5 unspecified atom stereocenters. The van der Waals surface area contributed by atoms with E-state index >= 15 is 0 Å². The van der Waals surface area contributed by atoms with Crippen LogP contribution in [0.15, 0.2) is 0 Å². The van der Waals surface area contributed by atoms with Crippen LogP contribution >= 0.6 is 0 Å². The summed E-state index contributed by atoms with van der Waals surface area (Å²) < 4.78 is 0. The fourth-order valence-electron chi connectivity index (χ4n) is 3.49. The summed E-state index contributed by atoms with van der Waals surface area (Å²) in [5, 5.41) is 6.57. The van der Waals surface area contributed by atoms with Gasteiger partial charge in [-0.25, -0.2) is 0 Å². The van der Waals surface area contributed by atoms with E-state index in [1.807, 2.05) is 0 Å². The first kappa shape index (κ1) is 12.9. The molecule has 2 rings (SSSR count). The Morgan fingerprint density at radius 2 is 2.06 bits per heavy atom. The van der Waals surface area contributed by atoms with Gasteiger partial charge in [0.15, 0.2) is 0 Å². The van der Waals surface area contributed by atoms with Gasteiger partial charge in [0.25, 0.3) is 0 Å². The van der Waals surface area contributed by atoms with Crippen LogP contribution < -0.4 is 10.6 Å². The van der Waals surface area contributed by atoms with Gasteiger partial charge in [0, 0.05) is 6.04 Å². The lowest BCUT2D eigenvalue weighted by molar-refractivity contribution is -0.124. The number of carbonyl (C=O) groups excluding carboxylic acids is 1. The highest BCUT2D eigenvalue weighted by Crippen LogP contribution is 2.34. The van der Waals surface area contributed by atoms with Crippen molar-refractivity contribution in [3.05, 3.63) is 0 Å². The third kappa shape index (κ3) is 2.65. The molecule has 0 bridgehead atoms. The lowest BCUT2D eigenvalue weighted by atomic mass is 9.93. The second-order valence-electron chi connectivity index (χ2n) is 5.92. The van der Waals surface area contributed by atoms with Gasteiger partial charge in [0.1, 0.15) is 0 Å². The van der Waals surface area contributed by atoms with Crippen molar-refractivity contribution in [1.29, 1.82) is 0 Å². The fraction of sp³-hybridized carbons (Fsp3) is 0.929. The predicted molar refractivity (Wildman–Crippen MR) is 69.7 cm³/mol. The van der Waals surface area contributed by atoms with E-state index in [9.17, 15) is 4.79 Å². The Morgan fingerprint density at radius 1 is 1.29 bits per heavy atom. The summed E-state index contributed by atoms with van der Waals surface area (Å²) >= 11 is 0. The maximum Gasteiger partial charge on any atom is 0.237 e. The highest BCUT2D eigenvalue weighted by atomic mass is 16.2. The Bertz CT molecular complexity index is 279. The highest BCUT2D eigenvalue weighted by Gasteiger charge is 2.35. The normalized spacial score (nSPS) is 41.7. The number of hydrogen-bond donors (Lipinski definition) is 2. The SMILES string of the molecule is CCC1CCC(NC(=O)C2NCCC2C)C1C. The van der Waals surface area contributed by atoms with Crippen molar-refractivity contribution < 1.29 is 4.79 Å². The van der Waals surface area contributed by atoms with Crippen LogP contribution in [0.25, 0.3) is 0 Å². The van der Waals surface area contributed by atoms with E-state index < -0.39 is 0 Å². The zero-order valence-corrected chi connectivity index (χ0v) is 11.3. The van der Waals surface area contributed by atoms with Crippen LogP contribution in [0.4, 0.5) is 0 Å². The quantitative estimate of drug-likeness (QED) is 0.789. The molecule has 17 heavy (non-hydrogen) atoms. The summed E-state index contributed by atoms with van der Waals surface area (Å²) in [6.45, 7) is 7.69. The molecule has 2 aliphatic rings. The molecule has 0 aromatic carbocycles. The molecule has 2 fully saturated rings. The van der Waals surface area contributed by atoms with Gasteiger partial charge < -0.3 is 10.6 Å². The minimum Gasteiger partial charge on any atom is -0.352 e. The molecular formula is C14H26N2O. The zero-order chi connectivity index (χ0) is 12.4. The van der Waals surface area contributed by atoms with Crippen molar-refractivity contribution >= 4 is 5.91 Å². The number of hydrogen-bond acceptors (Lipinski definition) is 2. The van der Waals surface area contributed by atoms with Crippen LogP contribution in [0.2, 0.25) is 0 Å². The maximum atomic E-state index is 12.2. The van der Waals surface area contributed by atoms with Gasteiger partial charge in [0.05, 0.1) is 6.04 Å². The highest BCUT2D eigenvalue weighted by molar-refractivity contribution is 5.82. The van der Waals surface area contributed by atoms with Crippen LogP contribution in [0.5, 0.6) is 0 Å². The maximum absolute atomic E-state index is 12.2. The van der Waals surface area contributed by atoms with Gasteiger partial charge in [-0.2, -0.15) is 0 Å². The largest absolute Gasteiger partial charge is 0.352 e. The smallest absolute Gasteiger partial charge is 0.237 e. The minimum absolute atomic E-state index is 0.0443. The van der Waals surface area contributed by atoms with Crippen LogP contribution in [0.1, 0.15) is 46.5 Å². The van der Waals surface area contributed by atoms with Crippen molar-refractivity contribution in [2.24, 2.45) is 17.8 Å². The Morgan fingerprint density at radius 3 is 2.59 bits per heavy atom. The molecular weight excluding hydrogens is 212 g/mol. The first-order valence-electron chi connectivity index (χ1n) is 7.17. The first-order valence-corrected chi connectivity index (χ1v) is 7.17. The Hall–Kier alpha value is -0.570. The van der Waals surface area contributed by atoms with E-state index in [4.69, 9.17) is 0 Å². The van der Waals surface area contributed by atoms with Crippen LogP contribution in [-0.2, 0) is 4.79 Å². The number of nitrogens with one attached hydrogen (secondary N) is 2. The Balaban J connectivity index is 1.87. The van der Waals surface area contributed by atoms with Gasteiger partial charge in [-0.3, -0.25) is 4.79 Å². The molecule has 1 saturated heterocycles. The Kier molecular flexibility index (Phi) is 4.08. The molecule has 3 heteroatoms. The summed E-state index contributed by atoms with van der Waals surface area (Å²) in [5.41, 5.74) is 0. The van der Waals surface area contributed by atoms with Gasteiger partial charge >= 0.3 is 0 Å². The van der Waals surface area contributed by atoms with E-state index in [1.54, 1.807) is 0 Å². The lowest BCUT2D eigenvalue weighted by Gasteiger charge is -2.24. The molecule has 2 N–H and O–H groups in total. The molecule has 1 heterocycles. The van der Waals surface area contributed by atoms with Gasteiger partial charge in [-0.15, -0.1) is 0 Å². The van der Waals surface area contributed by atoms with Crippen LogP contribution in [0.3, 0.4) is 0 Å². The summed E-state index contributed by atoms with van der Waals surface area (Å²) in [6.07, 6.45) is 4.80. The van der Waals surface area contributed by atoms with Crippen molar-refractivity contribution in [2.75, 3.05) is 6.54 Å². The average molecular weight is 238 g/mol. The van der Waals surface area contributed by atoms with Crippen LogP contribution in [0, 0.1) is 17.8 Å². The molecule has 1 saturated carbocycles. The molecule has 0 spiro atoms. The van der Waals surface area contributed by atoms with Crippen molar-refractivity contribution in [1.82, 2.24) is 10.6 Å². The minimum atomic E-state index is 0.0443. The van der Waals surface area contributed by atoms with E-state index in [0.717, 1.165) is 25.3 Å². The molecule has 98 valence electrons. The molecule has 1 aliphatic heterocycles. The fourth-order valence-corrected chi connectivity index (χ4v) is 3.49. The van der Waals surface area contributed by atoms with E-state index in [0.29, 0.717) is 17.9 Å². The predicted octanol–water partition coefficient (Wildman–Crippen LogP) is 1.93. The average Bonchev–Trinajstić information content (AvgIpc) is 2.87. The standard InChI is InChI=1S/C14H26N2O/c1-4-11-5-6-12(10(11)3)16-14(17)13-9(2)7-8-15-13/h9-13,15H,4-8H2,1-3H3,(H,16,17). The summed E-state index contributed by atoms with van der Waals surface area (Å²) in [5.74, 6) is 2.15. The van der Waals surface area contributed by atoms with Crippen molar-refractivity contribution in [3.63, 3.8) is 0 Å². The first-order chi connectivity index (χ1) is 8.13. The molecule has 1 aliphatic carbocycles. The monoisotopic (exact) mass is 238 g/mol. The second-order valence-corrected chi connectivity index (χ2v) is 5.92. The van der Waals surface area contributed by atoms with E-state index in [2.05, 4.69) is 31.4 Å². The third-order valence-electron chi connectivity index (χ3n) is 4.89. The number of carbonyl (C=O) groups is 1. The summed E-state index contributed by atoms with van der Waals surface area (Å²) in [4.78, 5) is 12.2. The molecule has 1 amide bonds. The topological polar surface area (TPSA) is 41.1 Å². The number of amides is 1. The summed E-state index contributed by atoms with van der Waals surface area (Å²) in [6, 6.07) is 0.449.